The molecule has 2 rings (SSSR count). The van der Waals surface area contributed by atoms with Crippen molar-refractivity contribution < 1.29 is 13.9 Å². The van der Waals surface area contributed by atoms with E-state index in [0.717, 1.165) is 18.4 Å². The van der Waals surface area contributed by atoms with Gasteiger partial charge in [-0.25, -0.2) is 9.18 Å². The van der Waals surface area contributed by atoms with Gasteiger partial charge >= 0.3 is 6.09 Å². The number of hydrogen-bond donors (Lipinski definition) is 1. The molecular formula is C17H24BrFN2O2. The summed E-state index contributed by atoms with van der Waals surface area (Å²) in [6.07, 6.45) is 1.85. The predicted molar refractivity (Wildman–Crippen MR) is 91.8 cm³/mol. The number of hydrogen-bond acceptors (Lipinski definition) is 3. The number of nitrogens with zero attached hydrogens (tertiary/aromatic N) is 1. The fourth-order valence-corrected chi connectivity index (χ4v) is 2.64. The van der Waals surface area contributed by atoms with Gasteiger partial charge in [-0.05, 0) is 67.2 Å². The van der Waals surface area contributed by atoms with Crippen molar-refractivity contribution in [1.82, 2.24) is 10.2 Å². The summed E-state index contributed by atoms with van der Waals surface area (Å²) in [5.74, 6) is -0.265. The molecule has 0 saturated heterocycles. The number of halogens is 2. The Balaban J connectivity index is 1.78. The number of nitrogens with one attached hydrogen (secondary N) is 1. The highest BCUT2D eigenvalue weighted by Crippen LogP contribution is 2.28. The molecule has 1 N–H and O–H groups in total. The molecule has 1 aliphatic carbocycles. The van der Waals surface area contributed by atoms with Crippen LogP contribution in [0.5, 0.6) is 0 Å². The third-order valence-corrected chi connectivity index (χ3v) is 4.07. The molecule has 0 bridgehead atoms. The molecule has 0 aromatic heterocycles. The van der Waals surface area contributed by atoms with Crippen molar-refractivity contribution in [3.8, 4) is 0 Å². The van der Waals surface area contributed by atoms with Crippen molar-refractivity contribution in [3.63, 3.8) is 0 Å². The maximum absolute atomic E-state index is 13.2. The smallest absolute Gasteiger partial charge is 0.410 e. The Hall–Kier alpha value is -1.14. The van der Waals surface area contributed by atoms with Gasteiger partial charge in [-0.15, -0.1) is 0 Å². The Bertz CT molecular complexity index is 556. The zero-order valence-corrected chi connectivity index (χ0v) is 15.5. The molecule has 23 heavy (non-hydrogen) atoms. The summed E-state index contributed by atoms with van der Waals surface area (Å²) < 4.78 is 19.1. The normalized spacial score (nSPS) is 14.7. The Labute approximate surface area is 145 Å². The molecule has 1 aromatic rings. The Morgan fingerprint density at radius 3 is 2.70 bits per heavy atom. The average molecular weight is 387 g/mol. The lowest BCUT2D eigenvalue weighted by Gasteiger charge is -2.27. The lowest BCUT2D eigenvalue weighted by Crippen LogP contribution is -2.41. The molecule has 1 aromatic carbocycles. The lowest BCUT2D eigenvalue weighted by molar-refractivity contribution is 0.0236. The van der Waals surface area contributed by atoms with Crippen molar-refractivity contribution >= 4 is 22.0 Å². The van der Waals surface area contributed by atoms with E-state index in [9.17, 15) is 9.18 Å². The van der Waals surface area contributed by atoms with Crippen LogP contribution in [0.3, 0.4) is 0 Å². The van der Waals surface area contributed by atoms with Crippen LogP contribution in [0.25, 0.3) is 0 Å². The van der Waals surface area contributed by atoms with Gasteiger partial charge in [0.2, 0.25) is 0 Å². The Kier molecular flexibility index (Phi) is 6.03. The van der Waals surface area contributed by atoms with E-state index in [-0.39, 0.29) is 11.9 Å². The molecule has 0 radical (unpaired) electrons. The van der Waals surface area contributed by atoms with Crippen molar-refractivity contribution in [2.24, 2.45) is 0 Å². The summed E-state index contributed by atoms with van der Waals surface area (Å²) in [5, 5.41) is 3.29. The third kappa shape index (κ3) is 6.11. The summed E-state index contributed by atoms with van der Waals surface area (Å²) >= 11 is 3.18. The van der Waals surface area contributed by atoms with Crippen molar-refractivity contribution in [2.45, 2.75) is 51.8 Å². The highest BCUT2D eigenvalue weighted by Gasteiger charge is 2.34. The molecule has 1 fully saturated rings. The maximum atomic E-state index is 13.2. The molecule has 1 saturated carbocycles. The first kappa shape index (κ1) is 18.2. The van der Waals surface area contributed by atoms with Gasteiger partial charge in [0.05, 0.1) is 4.47 Å². The predicted octanol–water partition coefficient (Wildman–Crippen LogP) is 4.08. The van der Waals surface area contributed by atoms with Gasteiger partial charge < -0.3 is 15.0 Å². The third-order valence-electron chi connectivity index (χ3n) is 3.46. The summed E-state index contributed by atoms with van der Waals surface area (Å²) in [4.78, 5) is 14.0. The van der Waals surface area contributed by atoms with E-state index >= 15 is 0 Å². The fourth-order valence-electron chi connectivity index (χ4n) is 2.21. The van der Waals surface area contributed by atoms with Crippen LogP contribution in [0.4, 0.5) is 9.18 Å². The maximum Gasteiger partial charge on any atom is 0.410 e. The van der Waals surface area contributed by atoms with Crippen LogP contribution < -0.4 is 5.32 Å². The molecule has 0 heterocycles. The number of carbonyl (C=O) groups excluding carboxylic acids is 1. The molecule has 1 aliphatic rings. The Morgan fingerprint density at radius 1 is 1.43 bits per heavy atom. The number of amides is 1. The highest BCUT2D eigenvalue weighted by molar-refractivity contribution is 9.10. The molecule has 1 amide bonds. The number of carbonyl (C=O) groups is 1. The number of benzene rings is 1. The van der Waals surface area contributed by atoms with Gasteiger partial charge in [0, 0.05) is 25.7 Å². The largest absolute Gasteiger partial charge is 0.444 e. The van der Waals surface area contributed by atoms with E-state index in [1.807, 2.05) is 20.8 Å². The molecule has 0 aliphatic heterocycles. The second-order valence-electron chi connectivity index (χ2n) is 6.83. The standard InChI is InChI=1S/C17H24BrFN2O2/c1-17(2,3)23-16(22)21(13-5-6-13)9-8-20-11-12-4-7-15(19)14(18)10-12/h4,7,10,13,20H,5-6,8-9,11H2,1-3H3. The van der Waals surface area contributed by atoms with Crippen LogP contribution >= 0.6 is 15.9 Å². The summed E-state index contributed by atoms with van der Waals surface area (Å²) in [6, 6.07) is 5.26. The Morgan fingerprint density at radius 2 is 2.13 bits per heavy atom. The molecule has 0 spiro atoms. The molecular weight excluding hydrogens is 363 g/mol. The van der Waals surface area contributed by atoms with E-state index in [0.29, 0.717) is 30.1 Å². The van der Waals surface area contributed by atoms with Gasteiger partial charge in [-0.3, -0.25) is 0 Å². The summed E-state index contributed by atoms with van der Waals surface area (Å²) in [5.41, 5.74) is 0.520. The minimum Gasteiger partial charge on any atom is -0.444 e. The first-order chi connectivity index (χ1) is 10.8. The quantitative estimate of drug-likeness (QED) is 0.748. The van der Waals surface area contributed by atoms with E-state index in [1.165, 1.54) is 6.07 Å². The number of ether oxygens (including phenoxy) is 1. The van der Waals surface area contributed by atoms with Gasteiger partial charge in [-0.1, -0.05) is 6.07 Å². The van der Waals surface area contributed by atoms with Gasteiger partial charge in [0.15, 0.2) is 0 Å². The second-order valence-corrected chi connectivity index (χ2v) is 7.68. The minimum absolute atomic E-state index is 0.244. The summed E-state index contributed by atoms with van der Waals surface area (Å²) in [7, 11) is 0. The second kappa shape index (κ2) is 7.62. The van der Waals surface area contributed by atoms with E-state index < -0.39 is 5.60 Å². The zero-order chi connectivity index (χ0) is 17.0. The van der Waals surface area contributed by atoms with Crippen molar-refractivity contribution in [1.29, 1.82) is 0 Å². The average Bonchev–Trinajstić information content (AvgIpc) is 3.25. The topological polar surface area (TPSA) is 41.6 Å². The molecule has 0 unspecified atom stereocenters. The molecule has 128 valence electrons. The highest BCUT2D eigenvalue weighted by atomic mass is 79.9. The summed E-state index contributed by atoms with van der Waals surface area (Å²) in [6.45, 7) is 7.54. The molecule has 6 heteroatoms. The van der Waals surface area contributed by atoms with Gasteiger partial charge in [-0.2, -0.15) is 0 Å². The SMILES string of the molecule is CC(C)(C)OC(=O)N(CCNCc1ccc(F)c(Br)c1)C1CC1. The first-order valence-electron chi connectivity index (χ1n) is 7.90. The van der Waals surface area contributed by atoms with Crippen LogP contribution in [0.15, 0.2) is 22.7 Å². The minimum atomic E-state index is -0.474. The van der Waals surface area contributed by atoms with Gasteiger partial charge in [0.1, 0.15) is 11.4 Å². The van der Waals surface area contributed by atoms with Crippen molar-refractivity contribution in [3.05, 3.63) is 34.1 Å². The van der Waals surface area contributed by atoms with Crippen molar-refractivity contribution in [2.75, 3.05) is 13.1 Å². The zero-order valence-electron chi connectivity index (χ0n) is 13.9. The van der Waals surface area contributed by atoms with E-state index in [2.05, 4.69) is 21.2 Å². The number of rotatable bonds is 6. The van der Waals surface area contributed by atoms with Crippen LogP contribution in [-0.4, -0.2) is 35.7 Å². The van der Waals surface area contributed by atoms with Crippen LogP contribution in [-0.2, 0) is 11.3 Å². The molecule has 0 atom stereocenters. The van der Waals surface area contributed by atoms with Crippen LogP contribution in [0.1, 0.15) is 39.2 Å². The van der Waals surface area contributed by atoms with E-state index in [4.69, 9.17) is 4.74 Å². The first-order valence-corrected chi connectivity index (χ1v) is 8.70. The van der Waals surface area contributed by atoms with Gasteiger partial charge in [0.25, 0.3) is 0 Å². The van der Waals surface area contributed by atoms with Crippen LogP contribution in [0, 0.1) is 5.82 Å². The monoisotopic (exact) mass is 386 g/mol. The van der Waals surface area contributed by atoms with Crippen LogP contribution in [0.2, 0.25) is 0 Å². The fraction of sp³-hybridized carbons (Fsp3) is 0.588. The van der Waals surface area contributed by atoms with E-state index in [1.54, 1.807) is 17.0 Å². The molecule has 4 nitrogen and oxygen atoms in total. The lowest BCUT2D eigenvalue weighted by atomic mass is 10.2.